The molecule has 0 aliphatic carbocycles. The molecule has 35 heavy (non-hydrogen) atoms. The zero-order valence-electron chi connectivity index (χ0n) is 18.6. The van der Waals surface area contributed by atoms with Crippen molar-refractivity contribution in [2.75, 3.05) is 5.32 Å². The molecule has 0 atom stereocenters. The number of rotatable bonds is 7. The number of nitro benzene ring substituents is 1. The minimum atomic E-state index is -0.476. The molecular formula is C26H19N3O5S. The van der Waals surface area contributed by atoms with Crippen molar-refractivity contribution in [3.63, 3.8) is 0 Å². The van der Waals surface area contributed by atoms with Gasteiger partial charge >= 0.3 is 0 Å². The highest BCUT2D eigenvalue weighted by atomic mass is 32.1. The number of ether oxygens (including phenoxy) is 1. The van der Waals surface area contributed by atoms with Gasteiger partial charge in [-0.25, -0.2) is 4.98 Å². The Morgan fingerprint density at radius 3 is 2.57 bits per heavy atom. The summed E-state index contributed by atoms with van der Waals surface area (Å²) in [5.41, 5.74) is 3.77. The number of anilines is 1. The van der Waals surface area contributed by atoms with Gasteiger partial charge in [0, 0.05) is 23.4 Å². The van der Waals surface area contributed by atoms with Crippen molar-refractivity contribution in [1.29, 1.82) is 0 Å². The predicted molar refractivity (Wildman–Crippen MR) is 134 cm³/mol. The highest BCUT2D eigenvalue weighted by molar-refractivity contribution is 7.21. The van der Waals surface area contributed by atoms with Gasteiger partial charge in [0.1, 0.15) is 23.1 Å². The summed E-state index contributed by atoms with van der Waals surface area (Å²) < 4.78 is 12.3. The molecule has 0 aliphatic heterocycles. The molecule has 174 valence electrons. The van der Waals surface area contributed by atoms with Crippen molar-refractivity contribution in [2.24, 2.45) is 0 Å². The fourth-order valence-electron chi connectivity index (χ4n) is 3.44. The van der Waals surface area contributed by atoms with E-state index >= 15 is 0 Å². The van der Waals surface area contributed by atoms with Gasteiger partial charge in [-0.05, 0) is 73.2 Å². The average Bonchev–Trinajstić information content (AvgIpc) is 3.50. The average molecular weight is 486 g/mol. The second kappa shape index (κ2) is 9.40. The van der Waals surface area contributed by atoms with Crippen LogP contribution in [-0.2, 0) is 6.61 Å². The van der Waals surface area contributed by atoms with Crippen molar-refractivity contribution in [1.82, 2.24) is 4.98 Å². The first-order valence-electron chi connectivity index (χ1n) is 10.7. The summed E-state index contributed by atoms with van der Waals surface area (Å²) in [6, 6.07) is 22.6. The second-order valence-electron chi connectivity index (χ2n) is 7.83. The number of aromatic nitrogens is 1. The van der Waals surface area contributed by atoms with Crippen LogP contribution >= 0.6 is 11.3 Å². The molecule has 0 spiro atoms. The van der Waals surface area contributed by atoms with Gasteiger partial charge in [-0.1, -0.05) is 6.07 Å². The molecular weight excluding hydrogens is 466 g/mol. The van der Waals surface area contributed by atoms with E-state index in [1.165, 1.54) is 29.8 Å². The van der Waals surface area contributed by atoms with Crippen LogP contribution in [0.1, 0.15) is 21.9 Å². The molecule has 5 rings (SSSR count). The SMILES string of the molecule is Cc1ccc2nc(-c3ccc(NC(=O)c4ccc(COc5ccc([N+](=O)[O-])cc5)o4)cc3)sc2c1. The Kier molecular flexibility index (Phi) is 5.99. The maximum Gasteiger partial charge on any atom is 0.291 e. The third-order valence-corrected chi connectivity index (χ3v) is 6.31. The molecule has 0 radical (unpaired) electrons. The van der Waals surface area contributed by atoms with E-state index in [0.717, 1.165) is 20.8 Å². The maximum atomic E-state index is 12.6. The van der Waals surface area contributed by atoms with Crippen molar-refractivity contribution < 1.29 is 18.9 Å². The Morgan fingerprint density at radius 2 is 1.83 bits per heavy atom. The molecule has 5 aromatic rings. The lowest BCUT2D eigenvalue weighted by atomic mass is 10.2. The summed E-state index contributed by atoms with van der Waals surface area (Å²) in [7, 11) is 0. The number of benzene rings is 3. The van der Waals surface area contributed by atoms with Crippen LogP contribution in [0.4, 0.5) is 11.4 Å². The highest BCUT2D eigenvalue weighted by Crippen LogP contribution is 2.31. The molecule has 0 saturated heterocycles. The number of fused-ring (bicyclic) bond motifs is 1. The van der Waals surface area contributed by atoms with Crippen LogP contribution < -0.4 is 10.1 Å². The first-order valence-corrected chi connectivity index (χ1v) is 11.5. The number of aryl methyl sites for hydroxylation is 1. The molecule has 0 aliphatic rings. The van der Waals surface area contributed by atoms with Crippen molar-refractivity contribution in [3.8, 4) is 16.3 Å². The number of amides is 1. The van der Waals surface area contributed by atoms with Crippen LogP contribution in [0.5, 0.6) is 5.75 Å². The summed E-state index contributed by atoms with van der Waals surface area (Å²) in [5.74, 6) is 0.684. The monoisotopic (exact) mass is 485 g/mol. The number of nitro groups is 1. The smallest absolute Gasteiger partial charge is 0.291 e. The summed E-state index contributed by atoms with van der Waals surface area (Å²) in [6.07, 6.45) is 0. The number of carbonyl (C=O) groups is 1. The lowest BCUT2D eigenvalue weighted by Crippen LogP contribution is -2.10. The number of furan rings is 1. The highest BCUT2D eigenvalue weighted by Gasteiger charge is 2.13. The topological polar surface area (TPSA) is 108 Å². The third-order valence-electron chi connectivity index (χ3n) is 5.25. The molecule has 1 amide bonds. The van der Waals surface area contributed by atoms with E-state index in [2.05, 4.69) is 18.3 Å². The molecule has 3 aromatic carbocycles. The third kappa shape index (κ3) is 5.04. The number of hydrogen-bond acceptors (Lipinski definition) is 7. The van der Waals surface area contributed by atoms with E-state index in [0.29, 0.717) is 17.2 Å². The summed E-state index contributed by atoms with van der Waals surface area (Å²) in [6.45, 7) is 2.14. The molecule has 2 aromatic heterocycles. The number of hydrogen-bond donors (Lipinski definition) is 1. The van der Waals surface area contributed by atoms with Crippen LogP contribution in [-0.4, -0.2) is 15.8 Å². The molecule has 0 fully saturated rings. The van der Waals surface area contributed by atoms with Crippen LogP contribution in [0.15, 0.2) is 83.3 Å². The summed E-state index contributed by atoms with van der Waals surface area (Å²) in [4.78, 5) is 27.5. The predicted octanol–water partition coefficient (Wildman–Crippen LogP) is 6.60. The maximum absolute atomic E-state index is 12.6. The minimum Gasteiger partial charge on any atom is -0.486 e. The van der Waals surface area contributed by atoms with Crippen LogP contribution in [0.25, 0.3) is 20.8 Å². The lowest BCUT2D eigenvalue weighted by Gasteiger charge is -2.05. The second-order valence-corrected chi connectivity index (χ2v) is 8.86. The Hall–Kier alpha value is -4.50. The number of thiazole rings is 1. The Bertz CT molecular complexity index is 1520. The Morgan fingerprint density at radius 1 is 1.06 bits per heavy atom. The van der Waals surface area contributed by atoms with E-state index in [1.54, 1.807) is 23.5 Å². The van der Waals surface area contributed by atoms with E-state index in [9.17, 15) is 14.9 Å². The van der Waals surface area contributed by atoms with E-state index in [1.807, 2.05) is 36.4 Å². The minimum absolute atomic E-state index is 0.0162. The molecule has 9 heteroatoms. The van der Waals surface area contributed by atoms with E-state index in [-0.39, 0.29) is 24.0 Å². The largest absolute Gasteiger partial charge is 0.486 e. The van der Waals surface area contributed by atoms with Gasteiger partial charge in [0.15, 0.2) is 5.76 Å². The van der Waals surface area contributed by atoms with Gasteiger partial charge in [-0.15, -0.1) is 11.3 Å². The first kappa shape index (κ1) is 22.3. The van der Waals surface area contributed by atoms with Crippen molar-refractivity contribution in [3.05, 3.63) is 106 Å². The van der Waals surface area contributed by atoms with Gasteiger partial charge in [0.25, 0.3) is 11.6 Å². The molecule has 2 heterocycles. The van der Waals surface area contributed by atoms with Gasteiger partial charge in [-0.3, -0.25) is 14.9 Å². The molecule has 0 saturated carbocycles. The van der Waals surface area contributed by atoms with E-state index < -0.39 is 4.92 Å². The summed E-state index contributed by atoms with van der Waals surface area (Å²) in [5, 5.41) is 14.5. The number of non-ortho nitro benzene ring substituents is 1. The first-order chi connectivity index (χ1) is 16.9. The van der Waals surface area contributed by atoms with Crippen LogP contribution in [0, 0.1) is 17.0 Å². The van der Waals surface area contributed by atoms with Gasteiger partial charge < -0.3 is 14.5 Å². The standard InChI is InChI=1S/C26H19N3O5S/c1-16-2-12-22-24(14-16)35-26(28-22)17-3-5-18(6-4-17)27-25(30)23-13-11-21(34-23)15-33-20-9-7-19(8-10-20)29(31)32/h2-14H,15H2,1H3,(H,27,30). The number of nitrogens with zero attached hydrogens (tertiary/aromatic N) is 2. The van der Waals surface area contributed by atoms with Crippen molar-refractivity contribution >= 4 is 38.8 Å². The number of carbonyl (C=O) groups excluding carboxylic acids is 1. The lowest BCUT2D eigenvalue weighted by molar-refractivity contribution is -0.384. The zero-order valence-corrected chi connectivity index (χ0v) is 19.4. The molecule has 8 nitrogen and oxygen atoms in total. The molecule has 1 N–H and O–H groups in total. The van der Waals surface area contributed by atoms with E-state index in [4.69, 9.17) is 14.1 Å². The van der Waals surface area contributed by atoms with Crippen LogP contribution in [0.2, 0.25) is 0 Å². The Balaban J connectivity index is 1.20. The normalized spacial score (nSPS) is 10.9. The fraction of sp³-hybridized carbons (Fsp3) is 0.0769. The van der Waals surface area contributed by atoms with Gasteiger partial charge in [0.05, 0.1) is 15.1 Å². The zero-order chi connectivity index (χ0) is 24.4. The summed E-state index contributed by atoms with van der Waals surface area (Å²) >= 11 is 1.63. The van der Waals surface area contributed by atoms with Gasteiger partial charge in [-0.2, -0.15) is 0 Å². The fourth-order valence-corrected chi connectivity index (χ4v) is 4.51. The Labute approximate surface area is 204 Å². The van der Waals surface area contributed by atoms with Gasteiger partial charge in [0.2, 0.25) is 0 Å². The molecule has 0 unspecified atom stereocenters. The molecule has 0 bridgehead atoms. The quantitative estimate of drug-likeness (QED) is 0.205. The van der Waals surface area contributed by atoms with Crippen LogP contribution in [0.3, 0.4) is 0 Å². The van der Waals surface area contributed by atoms with Crippen molar-refractivity contribution in [2.45, 2.75) is 13.5 Å². The number of nitrogens with one attached hydrogen (secondary N) is 1.